The van der Waals surface area contributed by atoms with E-state index in [0.717, 1.165) is 11.1 Å². The van der Waals surface area contributed by atoms with Crippen molar-refractivity contribution >= 4 is 10.9 Å². The van der Waals surface area contributed by atoms with Crippen LogP contribution in [0.25, 0.3) is 22.4 Å². The van der Waals surface area contributed by atoms with Crippen LogP contribution in [-0.2, 0) is 0 Å². The van der Waals surface area contributed by atoms with Gasteiger partial charge in [-0.2, -0.15) is 0 Å². The molecule has 68 valence electrons. The summed E-state index contributed by atoms with van der Waals surface area (Å²) in [6.07, 6.45) is 5.14. The van der Waals surface area contributed by atoms with Gasteiger partial charge in [-0.15, -0.1) is 0 Å². The Labute approximate surface area is 80.4 Å². The van der Waals surface area contributed by atoms with Gasteiger partial charge in [0, 0.05) is 11.6 Å². The molecule has 0 aliphatic heterocycles. The second-order valence-electron chi connectivity index (χ2n) is 3.08. The monoisotopic (exact) mass is 184 g/mol. The smallest absolute Gasteiger partial charge is 0.227 e. The molecule has 0 radical (unpaired) electrons. The van der Waals surface area contributed by atoms with Crippen molar-refractivity contribution in [2.75, 3.05) is 0 Å². The van der Waals surface area contributed by atoms with Crippen molar-refractivity contribution < 1.29 is 4.42 Å². The molecule has 3 rings (SSSR count). The van der Waals surface area contributed by atoms with Crippen LogP contribution >= 0.6 is 0 Å². The van der Waals surface area contributed by atoms with Crippen LogP contribution in [0.1, 0.15) is 0 Å². The molecular formula is C11H8N2O. The van der Waals surface area contributed by atoms with Crippen molar-refractivity contribution in [3.8, 4) is 11.5 Å². The first-order chi connectivity index (χ1) is 6.95. The molecule has 0 spiro atoms. The summed E-state index contributed by atoms with van der Waals surface area (Å²) >= 11 is 0. The number of fused-ring (bicyclic) bond motifs is 1. The lowest BCUT2D eigenvalue weighted by molar-refractivity contribution is 0.575. The Hall–Kier alpha value is -2.03. The predicted molar refractivity (Wildman–Crippen MR) is 53.8 cm³/mol. The number of hydrogen-bond acceptors (Lipinski definition) is 2. The molecule has 0 atom stereocenters. The summed E-state index contributed by atoms with van der Waals surface area (Å²) in [5.74, 6) is 0.651. The van der Waals surface area contributed by atoms with E-state index in [1.54, 1.807) is 12.5 Å². The first-order valence-electron chi connectivity index (χ1n) is 4.41. The minimum atomic E-state index is 0.651. The Bertz CT molecular complexity index is 551. The van der Waals surface area contributed by atoms with Gasteiger partial charge in [-0.05, 0) is 12.1 Å². The van der Waals surface area contributed by atoms with Crippen LogP contribution in [-0.4, -0.2) is 9.97 Å². The minimum Gasteiger partial charge on any atom is -0.444 e. The maximum Gasteiger partial charge on any atom is 0.227 e. The molecule has 0 saturated heterocycles. The van der Waals surface area contributed by atoms with E-state index in [1.807, 2.05) is 24.4 Å². The van der Waals surface area contributed by atoms with Crippen LogP contribution in [0.2, 0.25) is 0 Å². The van der Waals surface area contributed by atoms with Crippen molar-refractivity contribution in [3.63, 3.8) is 0 Å². The first-order valence-corrected chi connectivity index (χ1v) is 4.41. The molecule has 0 saturated carbocycles. The molecule has 1 N–H and O–H groups in total. The molecule has 3 aromatic rings. The molecule has 2 aromatic heterocycles. The highest BCUT2D eigenvalue weighted by Gasteiger charge is 2.07. The molecule has 0 fully saturated rings. The number of para-hydroxylation sites is 1. The summed E-state index contributed by atoms with van der Waals surface area (Å²) in [7, 11) is 0. The Morgan fingerprint density at radius 2 is 2.21 bits per heavy atom. The van der Waals surface area contributed by atoms with Crippen molar-refractivity contribution in [1.82, 2.24) is 9.97 Å². The molecule has 0 aliphatic carbocycles. The minimum absolute atomic E-state index is 0.651. The zero-order chi connectivity index (χ0) is 9.38. The van der Waals surface area contributed by atoms with Gasteiger partial charge in [0.25, 0.3) is 0 Å². The highest BCUT2D eigenvalue weighted by Crippen LogP contribution is 2.25. The largest absolute Gasteiger partial charge is 0.444 e. The fourth-order valence-electron chi connectivity index (χ4n) is 1.62. The van der Waals surface area contributed by atoms with Gasteiger partial charge >= 0.3 is 0 Å². The number of nitrogens with zero attached hydrogens (tertiary/aromatic N) is 1. The topological polar surface area (TPSA) is 41.8 Å². The molecule has 3 nitrogen and oxygen atoms in total. The van der Waals surface area contributed by atoms with Gasteiger partial charge in [0.15, 0.2) is 0 Å². The molecule has 14 heavy (non-hydrogen) atoms. The maximum atomic E-state index is 5.27. The lowest BCUT2D eigenvalue weighted by Gasteiger charge is -1.97. The van der Waals surface area contributed by atoms with Gasteiger partial charge in [0.2, 0.25) is 5.89 Å². The van der Waals surface area contributed by atoms with E-state index >= 15 is 0 Å². The van der Waals surface area contributed by atoms with E-state index < -0.39 is 0 Å². The third-order valence-electron chi connectivity index (χ3n) is 2.25. The van der Waals surface area contributed by atoms with E-state index in [2.05, 4.69) is 16.0 Å². The predicted octanol–water partition coefficient (Wildman–Crippen LogP) is 2.82. The summed E-state index contributed by atoms with van der Waals surface area (Å²) in [6, 6.07) is 8.07. The average molecular weight is 184 g/mol. The normalized spacial score (nSPS) is 10.9. The summed E-state index contributed by atoms with van der Waals surface area (Å²) in [4.78, 5) is 7.31. The van der Waals surface area contributed by atoms with Crippen molar-refractivity contribution in [3.05, 3.63) is 42.9 Å². The molecule has 0 bridgehead atoms. The van der Waals surface area contributed by atoms with Crippen molar-refractivity contribution in [2.24, 2.45) is 0 Å². The number of rotatable bonds is 1. The zero-order valence-corrected chi connectivity index (χ0v) is 7.40. The first kappa shape index (κ1) is 7.38. The summed E-state index contributed by atoms with van der Waals surface area (Å²) in [6.45, 7) is 0. The highest BCUT2D eigenvalue weighted by atomic mass is 16.3. The number of aromatic nitrogens is 2. The Morgan fingerprint density at radius 1 is 1.21 bits per heavy atom. The zero-order valence-electron chi connectivity index (χ0n) is 7.40. The number of aromatic amines is 1. The van der Waals surface area contributed by atoms with Crippen LogP contribution in [0.5, 0.6) is 0 Å². The SMILES string of the molecule is c1cc(-c2ncco2)c2[nH]ccc2c1. The van der Waals surface area contributed by atoms with Crippen LogP contribution in [0.15, 0.2) is 47.3 Å². The van der Waals surface area contributed by atoms with Gasteiger partial charge in [-0.1, -0.05) is 12.1 Å². The molecule has 2 heterocycles. The summed E-state index contributed by atoms with van der Waals surface area (Å²) in [5.41, 5.74) is 2.06. The van der Waals surface area contributed by atoms with Crippen LogP contribution in [0.3, 0.4) is 0 Å². The fraction of sp³-hybridized carbons (Fsp3) is 0. The second kappa shape index (κ2) is 2.73. The van der Waals surface area contributed by atoms with Gasteiger partial charge < -0.3 is 9.40 Å². The molecule has 0 unspecified atom stereocenters. The van der Waals surface area contributed by atoms with Gasteiger partial charge in [-0.25, -0.2) is 4.98 Å². The van der Waals surface area contributed by atoms with Gasteiger partial charge in [0.1, 0.15) is 6.26 Å². The molecule has 3 heteroatoms. The van der Waals surface area contributed by atoms with E-state index in [1.165, 1.54) is 5.39 Å². The number of H-pyrrole nitrogens is 1. The van der Waals surface area contributed by atoms with E-state index in [0.29, 0.717) is 5.89 Å². The third-order valence-corrected chi connectivity index (χ3v) is 2.25. The number of oxazole rings is 1. The van der Waals surface area contributed by atoms with Gasteiger partial charge in [-0.3, -0.25) is 0 Å². The standard InChI is InChI=1S/C11H8N2O/c1-2-8-4-5-12-10(8)9(3-1)11-13-6-7-14-11/h1-7,12H. The van der Waals surface area contributed by atoms with Gasteiger partial charge in [0.05, 0.1) is 17.3 Å². The van der Waals surface area contributed by atoms with Crippen molar-refractivity contribution in [2.45, 2.75) is 0 Å². The van der Waals surface area contributed by atoms with E-state index in [-0.39, 0.29) is 0 Å². The molecule has 1 aromatic carbocycles. The van der Waals surface area contributed by atoms with Crippen molar-refractivity contribution in [1.29, 1.82) is 0 Å². The van der Waals surface area contributed by atoms with E-state index in [9.17, 15) is 0 Å². The number of hydrogen-bond donors (Lipinski definition) is 1. The second-order valence-corrected chi connectivity index (χ2v) is 3.08. The lowest BCUT2D eigenvalue weighted by atomic mass is 10.1. The molecular weight excluding hydrogens is 176 g/mol. The molecule has 0 aliphatic rings. The lowest BCUT2D eigenvalue weighted by Crippen LogP contribution is -1.78. The third kappa shape index (κ3) is 0.956. The number of benzene rings is 1. The van der Waals surface area contributed by atoms with Crippen LogP contribution < -0.4 is 0 Å². The number of nitrogens with one attached hydrogen (secondary N) is 1. The molecule has 0 amide bonds. The fourth-order valence-corrected chi connectivity index (χ4v) is 1.62. The quantitative estimate of drug-likeness (QED) is 0.631. The summed E-state index contributed by atoms with van der Waals surface area (Å²) < 4.78 is 5.27. The summed E-state index contributed by atoms with van der Waals surface area (Å²) in [5, 5.41) is 1.17. The highest BCUT2D eigenvalue weighted by molar-refractivity contribution is 5.91. The Morgan fingerprint density at radius 3 is 3.07 bits per heavy atom. The maximum absolute atomic E-state index is 5.27. The van der Waals surface area contributed by atoms with Crippen LogP contribution in [0.4, 0.5) is 0 Å². The van der Waals surface area contributed by atoms with Crippen LogP contribution in [0, 0.1) is 0 Å². The Balaban J connectivity index is 2.36. The Kier molecular flexibility index (Phi) is 1.44. The average Bonchev–Trinajstić information content (AvgIpc) is 2.88. The van der Waals surface area contributed by atoms with E-state index in [4.69, 9.17) is 4.42 Å².